The van der Waals surface area contributed by atoms with Gasteiger partial charge in [-0.05, 0) is 47.7 Å². The molecule has 120 valence electrons. The molecule has 0 unspecified atom stereocenters. The highest BCUT2D eigenvalue weighted by Gasteiger charge is 2.39. The van der Waals surface area contributed by atoms with Gasteiger partial charge in [0.25, 0.3) is 0 Å². The first kappa shape index (κ1) is 12.0. The van der Waals surface area contributed by atoms with Crippen molar-refractivity contribution in [1.29, 1.82) is 0 Å². The topological polar surface area (TPSA) is 3.88 Å². The summed E-state index contributed by atoms with van der Waals surface area (Å²) in [6, 6.07) is 16.2. The second kappa shape index (κ2) is 5.04. The van der Waals surface area contributed by atoms with Crippen molar-refractivity contribution >= 4 is 0 Å². The monoisotopic (exact) mass is 317 g/mol. The molecule has 3 aromatic rings. The SMILES string of the molecule is [2H]C([2H])([2H])c1cccc2c1-c1c(ccc(C)c1-c1cccc[n+]1C)C2(C)C. The van der Waals surface area contributed by atoms with Crippen molar-refractivity contribution < 1.29 is 8.68 Å². The Bertz CT molecular complexity index is 1060. The number of aromatic nitrogens is 1. The Morgan fingerprint density at radius 1 is 0.833 bits per heavy atom. The third kappa shape index (κ3) is 1.91. The van der Waals surface area contributed by atoms with Crippen LogP contribution in [0, 0.1) is 13.8 Å². The molecule has 0 N–H and O–H groups in total. The summed E-state index contributed by atoms with van der Waals surface area (Å²) in [7, 11) is 2.03. The Morgan fingerprint density at radius 3 is 2.38 bits per heavy atom. The maximum Gasteiger partial charge on any atom is 0.213 e. The summed E-state index contributed by atoms with van der Waals surface area (Å²) in [4.78, 5) is 0. The van der Waals surface area contributed by atoms with E-state index in [1.807, 2.05) is 31.4 Å². The molecule has 0 aliphatic heterocycles. The van der Waals surface area contributed by atoms with Gasteiger partial charge in [0.1, 0.15) is 7.05 Å². The molecule has 0 fully saturated rings. The Balaban J connectivity index is 2.19. The van der Waals surface area contributed by atoms with Crippen LogP contribution in [0.2, 0.25) is 0 Å². The van der Waals surface area contributed by atoms with Crippen molar-refractivity contribution in [1.82, 2.24) is 0 Å². The van der Waals surface area contributed by atoms with Crippen molar-refractivity contribution in [3.05, 3.63) is 77.0 Å². The summed E-state index contributed by atoms with van der Waals surface area (Å²) < 4.78 is 26.4. The van der Waals surface area contributed by atoms with E-state index in [0.29, 0.717) is 5.56 Å². The Kier molecular flexibility index (Phi) is 2.53. The summed E-state index contributed by atoms with van der Waals surface area (Å²) in [5.74, 6) is 0. The van der Waals surface area contributed by atoms with Crippen molar-refractivity contribution in [2.45, 2.75) is 33.0 Å². The van der Waals surface area contributed by atoms with Crippen LogP contribution in [0.3, 0.4) is 0 Å². The molecular weight excluding hydrogens is 290 g/mol. The lowest BCUT2D eigenvalue weighted by atomic mass is 9.81. The molecule has 2 aromatic carbocycles. The fourth-order valence-electron chi connectivity index (χ4n) is 4.09. The van der Waals surface area contributed by atoms with Gasteiger partial charge in [-0.2, -0.15) is 0 Å². The zero-order chi connectivity index (χ0) is 19.6. The summed E-state index contributed by atoms with van der Waals surface area (Å²) in [6.07, 6.45) is 2.03. The molecule has 0 radical (unpaired) electrons. The van der Waals surface area contributed by atoms with Crippen LogP contribution in [0.4, 0.5) is 0 Å². The molecule has 1 aromatic heterocycles. The highest BCUT2D eigenvalue weighted by atomic mass is 14.9. The summed E-state index contributed by atoms with van der Waals surface area (Å²) >= 11 is 0. The van der Waals surface area contributed by atoms with Crippen LogP contribution in [0.1, 0.15) is 40.2 Å². The third-order valence-electron chi connectivity index (χ3n) is 5.39. The Hall–Kier alpha value is -2.41. The minimum absolute atomic E-state index is 0.234. The van der Waals surface area contributed by atoms with Crippen molar-refractivity contribution in [3.63, 3.8) is 0 Å². The molecule has 1 nitrogen and oxygen atoms in total. The first-order valence-electron chi connectivity index (χ1n) is 9.87. The molecule has 0 bridgehead atoms. The fourth-order valence-corrected chi connectivity index (χ4v) is 4.09. The van der Waals surface area contributed by atoms with E-state index in [1.54, 1.807) is 6.07 Å². The van der Waals surface area contributed by atoms with Gasteiger partial charge in [-0.25, -0.2) is 4.57 Å². The maximum absolute atomic E-state index is 8.11. The zero-order valence-electron chi connectivity index (χ0n) is 17.6. The predicted molar refractivity (Wildman–Crippen MR) is 100 cm³/mol. The fraction of sp³-hybridized carbons (Fsp3) is 0.261. The van der Waals surface area contributed by atoms with Crippen molar-refractivity contribution in [3.8, 4) is 22.4 Å². The van der Waals surface area contributed by atoms with E-state index in [9.17, 15) is 0 Å². The van der Waals surface area contributed by atoms with Crippen molar-refractivity contribution in [2.24, 2.45) is 7.05 Å². The highest BCUT2D eigenvalue weighted by molar-refractivity contribution is 5.93. The van der Waals surface area contributed by atoms with Crippen molar-refractivity contribution in [2.75, 3.05) is 0 Å². The first-order chi connectivity index (χ1) is 12.6. The van der Waals surface area contributed by atoms with Crippen LogP contribution in [0.25, 0.3) is 22.4 Å². The normalized spacial score (nSPS) is 16.8. The minimum atomic E-state index is -2.15. The standard InChI is InChI=1S/C23H24N/c1-15-9-8-10-17-20(15)22-18(23(17,3)4)13-12-16(2)21(22)19-11-6-7-14-24(19)5/h6-14H,1-5H3/q+1/i1D3. The molecule has 1 heterocycles. The molecule has 1 aliphatic carbocycles. The van der Waals surface area contributed by atoms with Crippen LogP contribution in [-0.4, -0.2) is 0 Å². The quantitative estimate of drug-likeness (QED) is 0.550. The molecule has 24 heavy (non-hydrogen) atoms. The lowest BCUT2D eigenvalue weighted by molar-refractivity contribution is -0.660. The number of aryl methyl sites for hydroxylation is 3. The van der Waals surface area contributed by atoms with Crippen LogP contribution >= 0.6 is 0 Å². The Labute approximate surface area is 148 Å². The summed E-state index contributed by atoms with van der Waals surface area (Å²) in [5.41, 5.74) is 7.83. The van der Waals surface area contributed by atoms with Gasteiger partial charge in [0.2, 0.25) is 5.69 Å². The number of fused-ring (bicyclic) bond motifs is 3. The molecule has 0 atom stereocenters. The van der Waals surface area contributed by atoms with Crippen LogP contribution in [0.15, 0.2) is 54.7 Å². The van der Waals surface area contributed by atoms with Gasteiger partial charge in [-0.1, -0.05) is 44.2 Å². The number of benzene rings is 2. The number of nitrogens with zero attached hydrogens (tertiary/aromatic N) is 1. The van der Waals surface area contributed by atoms with Crippen LogP contribution < -0.4 is 4.57 Å². The summed E-state index contributed by atoms with van der Waals surface area (Å²) in [6.45, 7) is 4.32. The molecule has 0 saturated heterocycles. The maximum atomic E-state index is 8.11. The second-order valence-corrected chi connectivity index (χ2v) is 7.23. The van der Waals surface area contributed by atoms with Gasteiger partial charge in [-0.3, -0.25) is 0 Å². The van der Waals surface area contributed by atoms with E-state index in [4.69, 9.17) is 4.11 Å². The number of pyridine rings is 1. The van der Waals surface area contributed by atoms with Gasteiger partial charge in [-0.15, -0.1) is 0 Å². The molecule has 0 amide bonds. The van der Waals surface area contributed by atoms with E-state index >= 15 is 0 Å². The van der Waals surface area contributed by atoms with Gasteiger partial charge in [0, 0.05) is 27.2 Å². The van der Waals surface area contributed by atoms with Crippen LogP contribution in [-0.2, 0) is 12.5 Å². The third-order valence-corrected chi connectivity index (χ3v) is 5.39. The molecule has 4 rings (SSSR count). The average molecular weight is 317 g/mol. The summed E-state index contributed by atoms with van der Waals surface area (Å²) in [5, 5.41) is 0. The molecule has 1 heteroatoms. The van der Waals surface area contributed by atoms with E-state index in [-0.39, 0.29) is 5.41 Å². The van der Waals surface area contributed by atoms with Gasteiger partial charge < -0.3 is 0 Å². The van der Waals surface area contributed by atoms with E-state index in [0.717, 1.165) is 33.5 Å². The Morgan fingerprint density at radius 2 is 1.62 bits per heavy atom. The zero-order valence-corrected chi connectivity index (χ0v) is 14.6. The van der Waals surface area contributed by atoms with Crippen LogP contribution in [0.5, 0.6) is 0 Å². The number of hydrogen-bond acceptors (Lipinski definition) is 0. The molecular formula is C23H24N+. The minimum Gasteiger partial charge on any atom is -0.201 e. The highest BCUT2D eigenvalue weighted by Crippen LogP contribution is 2.53. The van der Waals surface area contributed by atoms with E-state index in [1.165, 1.54) is 5.56 Å². The van der Waals surface area contributed by atoms with Gasteiger partial charge >= 0.3 is 0 Å². The van der Waals surface area contributed by atoms with E-state index in [2.05, 4.69) is 49.6 Å². The molecule has 1 aliphatic rings. The lowest BCUT2D eigenvalue weighted by Gasteiger charge is -2.22. The van der Waals surface area contributed by atoms with E-state index < -0.39 is 6.85 Å². The molecule has 0 spiro atoms. The van der Waals surface area contributed by atoms with Gasteiger partial charge in [0.05, 0.1) is 5.56 Å². The first-order valence-corrected chi connectivity index (χ1v) is 8.37. The number of hydrogen-bond donors (Lipinski definition) is 0. The largest absolute Gasteiger partial charge is 0.213 e. The average Bonchev–Trinajstić information content (AvgIpc) is 2.83. The number of rotatable bonds is 1. The van der Waals surface area contributed by atoms with Gasteiger partial charge in [0.15, 0.2) is 6.20 Å². The smallest absolute Gasteiger partial charge is 0.201 e. The second-order valence-electron chi connectivity index (χ2n) is 7.23. The lowest BCUT2D eigenvalue weighted by Crippen LogP contribution is -2.30. The predicted octanol–water partition coefficient (Wildman–Crippen LogP) is 5.10. The molecule has 0 saturated carbocycles.